The summed E-state index contributed by atoms with van der Waals surface area (Å²) in [6, 6.07) is 16.0. The largest absolute Gasteiger partial charge is 0.492 e. The minimum Gasteiger partial charge on any atom is -0.492 e. The molecule has 1 heterocycles. The van der Waals surface area contributed by atoms with Crippen LogP contribution in [-0.4, -0.2) is 40.1 Å². The Labute approximate surface area is 197 Å². The van der Waals surface area contributed by atoms with Crippen molar-refractivity contribution in [1.82, 2.24) is 10.0 Å². The van der Waals surface area contributed by atoms with Crippen molar-refractivity contribution in [2.24, 2.45) is 0 Å². The summed E-state index contributed by atoms with van der Waals surface area (Å²) in [4.78, 5) is 11.8. The van der Waals surface area contributed by atoms with Crippen LogP contribution in [0, 0.1) is 5.82 Å². The van der Waals surface area contributed by atoms with Crippen molar-refractivity contribution in [1.29, 1.82) is 0 Å². The van der Waals surface area contributed by atoms with Gasteiger partial charge in [-0.15, -0.1) is 0 Å². The van der Waals surface area contributed by atoms with Crippen LogP contribution in [0.4, 0.5) is 10.1 Å². The molecule has 1 aliphatic heterocycles. The van der Waals surface area contributed by atoms with Crippen molar-refractivity contribution in [2.75, 3.05) is 24.0 Å². The molecule has 1 fully saturated rings. The summed E-state index contributed by atoms with van der Waals surface area (Å²) in [6.07, 6.45) is 0. The van der Waals surface area contributed by atoms with Crippen molar-refractivity contribution in [3.63, 3.8) is 0 Å². The topological polar surface area (TPSA) is 97.0 Å². The fourth-order valence-electron chi connectivity index (χ4n) is 3.63. The lowest BCUT2D eigenvalue weighted by atomic mass is 10.1. The number of carbonyl (C=O) groups excluding carboxylic acids is 1. The number of benzene rings is 3. The molecular formula is C24H26FN3O5S. The van der Waals surface area contributed by atoms with Crippen molar-refractivity contribution in [3.8, 4) is 11.5 Å². The number of nitrogens with zero attached hydrogens (tertiary/aromatic N) is 1. The number of ether oxygens (including phenoxy) is 2. The third kappa shape index (κ3) is 5.23. The molecule has 0 aliphatic carbocycles. The molecule has 34 heavy (non-hydrogen) atoms. The predicted octanol–water partition coefficient (Wildman–Crippen LogP) is 3.12. The van der Waals surface area contributed by atoms with Crippen LogP contribution in [0.25, 0.3) is 10.8 Å². The molecule has 0 bridgehead atoms. The molecule has 3 aromatic carbocycles. The van der Waals surface area contributed by atoms with E-state index < -0.39 is 28.5 Å². The molecule has 8 nitrogen and oxygen atoms in total. The van der Waals surface area contributed by atoms with E-state index in [1.54, 1.807) is 18.2 Å². The highest BCUT2D eigenvalue weighted by molar-refractivity contribution is 7.92. The maximum absolute atomic E-state index is 15.9. The molecular weight excluding hydrogens is 461 g/mol. The number of hydrogen-bond acceptors (Lipinski definition) is 6. The summed E-state index contributed by atoms with van der Waals surface area (Å²) in [7, 11) is -4.25. The fraction of sp³-hybridized carbons (Fsp3) is 0.292. The second-order valence-electron chi connectivity index (χ2n) is 8.19. The van der Waals surface area contributed by atoms with Gasteiger partial charge in [0.2, 0.25) is 0 Å². The van der Waals surface area contributed by atoms with E-state index in [4.69, 9.17) is 9.47 Å². The normalized spacial score (nSPS) is 15.1. The summed E-state index contributed by atoms with van der Waals surface area (Å²) >= 11 is 0. The molecule has 10 heteroatoms. The Balaban J connectivity index is 1.72. The first-order chi connectivity index (χ1) is 16.2. The Morgan fingerprint density at radius 1 is 1.12 bits per heavy atom. The van der Waals surface area contributed by atoms with E-state index >= 15 is 4.39 Å². The van der Waals surface area contributed by atoms with Crippen molar-refractivity contribution < 1.29 is 27.1 Å². The lowest BCUT2D eigenvalue weighted by molar-refractivity contribution is -0.117. The van der Waals surface area contributed by atoms with Crippen LogP contribution in [0.5, 0.6) is 11.5 Å². The summed E-state index contributed by atoms with van der Waals surface area (Å²) in [6.45, 7) is 4.61. The zero-order chi connectivity index (χ0) is 24.3. The Kier molecular flexibility index (Phi) is 6.90. The van der Waals surface area contributed by atoms with E-state index in [9.17, 15) is 13.2 Å². The van der Waals surface area contributed by atoms with Crippen LogP contribution < -0.4 is 23.8 Å². The van der Waals surface area contributed by atoms with Crippen molar-refractivity contribution in [2.45, 2.75) is 26.5 Å². The number of nitrogens with one attached hydrogen (secondary N) is 2. The molecule has 0 saturated carbocycles. The Bertz CT molecular complexity index is 1300. The smallest absolute Gasteiger partial charge is 0.326 e. The molecule has 180 valence electrons. The third-order valence-electron chi connectivity index (χ3n) is 5.22. The molecule has 4 rings (SSSR count). The van der Waals surface area contributed by atoms with Gasteiger partial charge >= 0.3 is 10.2 Å². The molecule has 0 unspecified atom stereocenters. The van der Waals surface area contributed by atoms with Gasteiger partial charge in [-0.05, 0) is 29.1 Å². The number of hydrogen-bond donors (Lipinski definition) is 2. The van der Waals surface area contributed by atoms with Gasteiger partial charge < -0.3 is 14.8 Å². The van der Waals surface area contributed by atoms with E-state index in [2.05, 4.69) is 5.32 Å². The summed E-state index contributed by atoms with van der Waals surface area (Å²) in [5.41, 5.74) is 0.506. The van der Waals surface area contributed by atoms with Gasteiger partial charge in [0.25, 0.3) is 5.91 Å². The van der Waals surface area contributed by atoms with Crippen LogP contribution in [0.15, 0.2) is 54.6 Å². The maximum Gasteiger partial charge on any atom is 0.326 e. The highest BCUT2D eigenvalue weighted by atomic mass is 32.2. The van der Waals surface area contributed by atoms with Crippen molar-refractivity contribution >= 4 is 32.6 Å². The number of halogens is 1. The predicted molar refractivity (Wildman–Crippen MR) is 128 cm³/mol. The van der Waals surface area contributed by atoms with E-state index in [1.165, 1.54) is 6.07 Å². The van der Waals surface area contributed by atoms with Gasteiger partial charge in [-0.2, -0.15) is 8.42 Å². The average molecular weight is 488 g/mol. The number of carbonyl (C=O) groups is 1. The minimum atomic E-state index is -4.25. The van der Waals surface area contributed by atoms with E-state index in [0.717, 1.165) is 5.56 Å². The third-order valence-corrected chi connectivity index (χ3v) is 6.60. The molecule has 0 radical (unpaired) electrons. The van der Waals surface area contributed by atoms with Crippen LogP contribution >= 0.6 is 0 Å². The number of fused-ring (bicyclic) bond motifs is 1. The van der Waals surface area contributed by atoms with Crippen LogP contribution in [0.1, 0.15) is 19.4 Å². The first-order valence-corrected chi connectivity index (χ1v) is 12.3. The van der Waals surface area contributed by atoms with Gasteiger partial charge in [0.05, 0.1) is 0 Å². The molecule has 1 aliphatic rings. The standard InChI is InChI=1S/C24H26FN3O5S/c1-16(2)26-10-11-32-19-9-8-18-12-21(33-15-17-6-4-3-5-7-17)24(23(25)20(18)13-19)28-14-22(29)27-34(28,30)31/h3-9,12-13,16,26H,10-11,14-15H2,1-2H3,(H,27,29). The highest BCUT2D eigenvalue weighted by Crippen LogP contribution is 2.40. The number of rotatable bonds is 9. The molecule has 0 aromatic heterocycles. The molecule has 0 spiro atoms. The average Bonchev–Trinajstić information content (AvgIpc) is 3.07. The van der Waals surface area contributed by atoms with Crippen LogP contribution in [-0.2, 0) is 21.6 Å². The van der Waals surface area contributed by atoms with Gasteiger partial charge in [-0.1, -0.05) is 50.2 Å². The summed E-state index contributed by atoms with van der Waals surface area (Å²) in [5.74, 6) is -1.10. The highest BCUT2D eigenvalue weighted by Gasteiger charge is 2.38. The Hall–Kier alpha value is -3.37. The molecule has 3 aromatic rings. The Morgan fingerprint density at radius 3 is 2.56 bits per heavy atom. The van der Waals surface area contributed by atoms with E-state index in [0.29, 0.717) is 34.6 Å². The monoisotopic (exact) mass is 487 g/mol. The van der Waals surface area contributed by atoms with E-state index in [-0.39, 0.29) is 23.4 Å². The lowest BCUT2D eigenvalue weighted by Gasteiger charge is -2.21. The fourth-order valence-corrected chi connectivity index (χ4v) is 4.79. The van der Waals surface area contributed by atoms with E-state index in [1.807, 2.05) is 48.9 Å². The number of anilines is 1. The Morgan fingerprint density at radius 2 is 1.88 bits per heavy atom. The summed E-state index contributed by atoms with van der Waals surface area (Å²) < 4.78 is 55.1. The zero-order valence-electron chi connectivity index (χ0n) is 18.9. The second-order valence-corrected chi connectivity index (χ2v) is 9.78. The van der Waals surface area contributed by atoms with Crippen LogP contribution in [0.3, 0.4) is 0 Å². The van der Waals surface area contributed by atoms with Gasteiger partial charge in [0, 0.05) is 18.0 Å². The lowest BCUT2D eigenvalue weighted by Crippen LogP contribution is -2.30. The second kappa shape index (κ2) is 9.86. The maximum atomic E-state index is 15.9. The van der Waals surface area contributed by atoms with Gasteiger partial charge in [0.15, 0.2) is 5.82 Å². The van der Waals surface area contributed by atoms with Gasteiger partial charge in [-0.3, -0.25) is 4.79 Å². The molecule has 1 amide bonds. The summed E-state index contributed by atoms with van der Waals surface area (Å²) in [5, 5.41) is 3.90. The van der Waals surface area contributed by atoms with Gasteiger partial charge in [-0.25, -0.2) is 13.4 Å². The SMILES string of the molecule is CC(C)NCCOc1ccc2cc(OCc3ccccc3)c(N3CC(=O)NS3(=O)=O)c(F)c2c1. The van der Waals surface area contributed by atoms with Gasteiger partial charge in [0.1, 0.15) is 36.9 Å². The quantitative estimate of drug-likeness (QED) is 0.450. The molecule has 0 atom stereocenters. The van der Waals surface area contributed by atoms with Crippen LogP contribution in [0.2, 0.25) is 0 Å². The first-order valence-electron chi connectivity index (χ1n) is 10.9. The van der Waals surface area contributed by atoms with Crippen molar-refractivity contribution in [3.05, 3.63) is 66.0 Å². The molecule has 1 saturated heterocycles. The molecule has 2 N–H and O–H groups in total. The zero-order valence-corrected chi connectivity index (χ0v) is 19.7. The minimum absolute atomic E-state index is 0.0173. The number of amides is 1. The first kappa shape index (κ1) is 23.8.